The van der Waals surface area contributed by atoms with Crippen molar-refractivity contribution < 1.29 is 62.7 Å². The van der Waals surface area contributed by atoms with Gasteiger partial charge < -0.3 is 38.8 Å². The highest BCUT2D eigenvalue weighted by Crippen LogP contribution is 2.28. The molecule has 0 aliphatic carbocycles. The monoisotopic (exact) mass is 570 g/mol. The van der Waals surface area contributed by atoms with Gasteiger partial charge in [-0.25, -0.2) is 24.0 Å². The molecule has 0 radical (unpaired) electrons. The highest BCUT2D eigenvalue weighted by atomic mass is 16.6. The SMILES string of the molecule is C=CC(=O)OCCOCC(O)CN1C(=O)N(CC(COCCOC(=O)C=C)OC(=O)C=CC(=O)O)C(=O)C1(C)C. The lowest BCUT2D eigenvalue weighted by atomic mass is 10.0. The first-order valence-corrected chi connectivity index (χ1v) is 12.0. The molecule has 222 valence electrons. The minimum absolute atomic E-state index is 0.0187. The molecule has 0 aromatic heterocycles. The van der Waals surface area contributed by atoms with Crippen LogP contribution in [-0.4, -0.2) is 126 Å². The Kier molecular flexibility index (Phi) is 14.2. The van der Waals surface area contributed by atoms with Gasteiger partial charge in [-0.05, 0) is 13.8 Å². The van der Waals surface area contributed by atoms with E-state index in [1.165, 1.54) is 13.8 Å². The number of carbonyl (C=O) groups excluding carboxylic acids is 5. The number of aliphatic carboxylic acids is 1. The largest absolute Gasteiger partial charge is 0.478 e. The standard InChI is InChI=1S/C25H34N2O13/c1-5-20(31)38-11-9-36-15-17(28)13-27-24(35)26(23(34)25(27,3)4)14-18(40-22(33)8-7-19(29)30)16-37-10-12-39-21(32)6-2/h5-8,17-18,28H,1-2,9-16H2,3-4H3,(H,29,30). The summed E-state index contributed by atoms with van der Waals surface area (Å²) in [5, 5.41) is 19.1. The summed E-state index contributed by atoms with van der Waals surface area (Å²) in [7, 11) is 0. The summed E-state index contributed by atoms with van der Waals surface area (Å²) in [6.07, 6.45) is 0.753. The highest BCUT2D eigenvalue weighted by Gasteiger charge is 2.52. The van der Waals surface area contributed by atoms with Crippen molar-refractivity contribution in [2.45, 2.75) is 31.6 Å². The van der Waals surface area contributed by atoms with Gasteiger partial charge in [-0.3, -0.25) is 9.69 Å². The van der Waals surface area contributed by atoms with E-state index in [0.29, 0.717) is 12.2 Å². The molecule has 1 saturated heterocycles. The van der Waals surface area contributed by atoms with Crippen LogP contribution in [-0.2, 0) is 47.7 Å². The van der Waals surface area contributed by atoms with Crippen molar-refractivity contribution in [3.05, 3.63) is 37.5 Å². The number of nitrogens with zero attached hydrogens (tertiary/aromatic N) is 2. The lowest BCUT2D eigenvalue weighted by Gasteiger charge is -2.29. The second kappa shape index (κ2) is 16.8. The van der Waals surface area contributed by atoms with Crippen LogP contribution in [0.3, 0.4) is 0 Å². The predicted molar refractivity (Wildman–Crippen MR) is 135 cm³/mol. The van der Waals surface area contributed by atoms with Crippen molar-refractivity contribution in [1.82, 2.24) is 9.80 Å². The average Bonchev–Trinajstić information content (AvgIpc) is 3.05. The Balaban J connectivity index is 2.83. The maximum atomic E-state index is 13.1. The number of hydrogen-bond donors (Lipinski definition) is 2. The molecule has 0 aromatic rings. The molecule has 1 heterocycles. The highest BCUT2D eigenvalue weighted by molar-refractivity contribution is 6.06. The Bertz CT molecular complexity index is 991. The van der Waals surface area contributed by atoms with Crippen LogP contribution in [0, 0.1) is 0 Å². The minimum atomic E-state index is -1.39. The number of amides is 3. The maximum Gasteiger partial charge on any atom is 0.331 e. The van der Waals surface area contributed by atoms with Crippen LogP contribution < -0.4 is 0 Å². The molecular formula is C25H34N2O13. The summed E-state index contributed by atoms with van der Waals surface area (Å²) in [4.78, 5) is 73.1. The summed E-state index contributed by atoms with van der Waals surface area (Å²) in [5.74, 6) is -4.41. The Hall–Kier alpha value is -4.08. The topological polar surface area (TPSA) is 196 Å². The number of urea groups is 1. The molecule has 0 spiro atoms. The van der Waals surface area contributed by atoms with Crippen molar-refractivity contribution in [3.63, 3.8) is 0 Å². The molecule has 1 aliphatic heterocycles. The Morgan fingerprint density at radius 3 is 1.95 bits per heavy atom. The smallest absolute Gasteiger partial charge is 0.331 e. The van der Waals surface area contributed by atoms with Crippen LogP contribution in [0.15, 0.2) is 37.5 Å². The van der Waals surface area contributed by atoms with Gasteiger partial charge in [-0.15, -0.1) is 0 Å². The summed E-state index contributed by atoms with van der Waals surface area (Å²) in [6.45, 7) is 7.81. The van der Waals surface area contributed by atoms with Gasteiger partial charge in [-0.1, -0.05) is 13.2 Å². The molecule has 2 unspecified atom stereocenters. The molecule has 2 atom stereocenters. The van der Waals surface area contributed by atoms with Gasteiger partial charge in [0.05, 0.1) is 45.6 Å². The molecule has 15 nitrogen and oxygen atoms in total. The van der Waals surface area contributed by atoms with E-state index in [2.05, 4.69) is 13.2 Å². The molecular weight excluding hydrogens is 536 g/mol. The van der Waals surface area contributed by atoms with Gasteiger partial charge in [0.25, 0.3) is 5.91 Å². The van der Waals surface area contributed by atoms with Gasteiger partial charge in [0, 0.05) is 24.3 Å². The van der Waals surface area contributed by atoms with Crippen molar-refractivity contribution in [2.24, 2.45) is 0 Å². The zero-order chi connectivity index (χ0) is 30.3. The van der Waals surface area contributed by atoms with E-state index < -0.39 is 60.1 Å². The van der Waals surface area contributed by atoms with Crippen molar-refractivity contribution in [2.75, 3.05) is 52.7 Å². The fourth-order valence-electron chi connectivity index (χ4n) is 3.27. The molecule has 0 saturated carbocycles. The molecule has 1 aliphatic rings. The van der Waals surface area contributed by atoms with Crippen LogP contribution in [0.5, 0.6) is 0 Å². The summed E-state index contributed by atoms with van der Waals surface area (Å²) in [6, 6.07) is -0.781. The molecule has 15 heteroatoms. The molecule has 0 bridgehead atoms. The van der Waals surface area contributed by atoms with Crippen LogP contribution in [0.1, 0.15) is 13.8 Å². The van der Waals surface area contributed by atoms with E-state index in [9.17, 15) is 33.9 Å². The third-order valence-corrected chi connectivity index (χ3v) is 5.22. The molecule has 40 heavy (non-hydrogen) atoms. The van der Waals surface area contributed by atoms with Crippen LogP contribution >= 0.6 is 0 Å². The Morgan fingerprint density at radius 2 is 1.43 bits per heavy atom. The predicted octanol–water partition coefficient (Wildman–Crippen LogP) is -0.566. The van der Waals surface area contributed by atoms with E-state index in [-0.39, 0.29) is 46.2 Å². The molecule has 2 N–H and O–H groups in total. The number of β-amino-alcohol motifs (C(OH)–C–C–N with tert-alkyl or cyclic N) is 1. The normalized spacial score (nSPS) is 16.0. The first kappa shape index (κ1) is 33.9. The third kappa shape index (κ3) is 11.3. The first-order chi connectivity index (χ1) is 18.8. The van der Waals surface area contributed by atoms with E-state index in [0.717, 1.165) is 22.0 Å². The second-order valence-electron chi connectivity index (χ2n) is 8.65. The molecule has 1 fully saturated rings. The summed E-state index contributed by atoms with van der Waals surface area (Å²) < 4.78 is 25.3. The maximum absolute atomic E-state index is 13.1. The van der Waals surface area contributed by atoms with E-state index >= 15 is 0 Å². The third-order valence-electron chi connectivity index (χ3n) is 5.22. The van der Waals surface area contributed by atoms with Crippen LogP contribution in [0.25, 0.3) is 0 Å². The van der Waals surface area contributed by atoms with E-state index in [1.807, 2.05) is 0 Å². The van der Waals surface area contributed by atoms with Crippen LogP contribution in [0.2, 0.25) is 0 Å². The molecule has 3 amide bonds. The lowest BCUT2D eigenvalue weighted by molar-refractivity contribution is -0.150. The minimum Gasteiger partial charge on any atom is -0.478 e. The number of esters is 3. The Labute approximate surface area is 230 Å². The number of carboxylic acids is 1. The van der Waals surface area contributed by atoms with Crippen LogP contribution in [0.4, 0.5) is 4.79 Å². The van der Waals surface area contributed by atoms with Gasteiger partial charge in [0.1, 0.15) is 24.9 Å². The van der Waals surface area contributed by atoms with Gasteiger partial charge in [0.2, 0.25) is 0 Å². The number of carboxylic acid groups (broad SMARTS) is 1. The second-order valence-corrected chi connectivity index (χ2v) is 8.65. The van der Waals surface area contributed by atoms with Crippen molar-refractivity contribution in [1.29, 1.82) is 0 Å². The fraction of sp³-hybridized carbons (Fsp3) is 0.520. The average molecular weight is 571 g/mol. The molecule has 0 aromatic carbocycles. The number of imide groups is 1. The van der Waals surface area contributed by atoms with Crippen molar-refractivity contribution in [3.8, 4) is 0 Å². The van der Waals surface area contributed by atoms with E-state index in [1.54, 1.807) is 0 Å². The zero-order valence-corrected chi connectivity index (χ0v) is 22.3. The number of hydrogen-bond acceptors (Lipinski definition) is 12. The lowest BCUT2D eigenvalue weighted by Crippen LogP contribution is -2.48. The Morgan fingerprint density at radius 1 is 0.875 bits per heavy atom. The fourth-order valence-corrected chi connectivity index (χ4v) is 3.27. The summed E-state index contributed by atoms with van der Waals surface area (Å²) in [5.41, 5.74) is -1.38. The zero-order valence-electron chi connectivity index (χ0n) is 22.3. The number of aliphatic hydroxyl groups excluding tert-OH is 1. The quantitative estimate of drug-likeness (QED) is 0.0659. The van der Waals surface area contributed by atoms with Gasteiger partial charge in [0.15, 0.2) is 0 Å². The number of aliphatic hydroxyl groups is 1. The number of ether oxygens (including phenoxy) is 5. The van der Waals surface area contributed by atoms with Gasteiger partial charge in [-0.2, -0.15) is 0 Å². The number of rotatable bonds is 19. The van der Waals surface area contributed by atoms with E-state index in [4.69, 9.17) is 28.8 Å². The number of carbonyl (C=O) groups is 6. The molecule has 1 rings (SSSR count). The first-order valence-electron chi connectivity index (χ1n) is 12.0. The van der Waals surface area contributed by atoms with Gasteiger partial charge >= 0.3 is 29.9 Å². The summed E-state index contributed by atoms with van der Waals surface area (Å²) >= 11 is 0. The van der Waals surface area contributed by atoms with Crippen molar-refractivity contribution >= 4 is 35.8 Å².